The van der Waals surface area contributed by atoms with E-state index in [0.717, 1.165) is 35.3 Å². The highest BCUT2D eigenvalue weighted by Gasteiger charge is 2.17. The fourth-order valence-corrected chi connectivity index (χ4v) is 3.98. The molecule has 4 rings (SSSR count). The molecule has 3 aromatic rings. The predicted octanol–water partition coefficient (Wildman–Crippen LogP) is 6.04. The van der Waals surface area contributed by atoms with Gasteiger partial charge in [0.25, 0.3) is 5.91 Å². The molecule has 0 heterocycles. The zero-order chi connectivity index (χ0) is 21.6. The highest BCUT2D eigenvalue weighted by atomic mass is 16.5. The summed E-state index contributed by atoms with van der Waals surface area (Å²) in [6.45, 7) is 1.97. The Balaban J connectivity index is 1.37. The van der Waals surface area contributed by atoms with Crippen LogP contribution in [0, 0.1) is 11.3 Å². The molecule has 1 N–H and O–H groups in total. The van der Waals surface area contributed by atoms with Crippen LogP contribution in [-0.4, -0.2) is 12.0 Å². The molecule has 1 aliphatic rings. The first-order valence-corrected chi connectivity index (χ1v) is 10.8. The van der Waals surface area contributed by atoms with Crippen LogP contribution in [-0.2, 0) is 0 Å². The Hall–Kier alpha value is -3.58. The van der Waals surface area contributed by atoms with Crippen molar-refractivity contribution in [3.05, 3.63) is 89.5 Å². The van der Waals surface area contributed by atoms with Gasteiger partial charge in [0.05, 0.1) is 23.8 Å². The van der Waals surface area contributed by atoms with Crippen LogP contribution in [0.2, 0.25) is 0 Å². The molecular weight excluding hydrogens is 384 g/mol. The summed E-state index contributed by atoms with van der Waals surface area (Å²) in [6, 6.07) is 25.0. The lowest BCUT2D eigenvalue weighted by atomic mass is 10.00. The van der Waals surface area contributed by atoms with Crippen LogP contribution in [0.5, 0.6) is 5.75 Å². The largest absolute Gasteiger partial charge is 0.490 e. The first-order chi connectivity index (χ1) is 15.1. The zero-order valence-corrected chi connectivity index (χ0v) is 17.7. The van der Waals surface area contributed by atoms with Crippen molar-refractivity contribution in [2.24, 2.45) is 0 Å². The third-order valence-electron chi connectivity index (χ3n) is 5.80. The average molecular weight is 411 g/mol. The van der Waals surface area contributed by atoms with Crippen LogP contribution in [0.1, 0.15) is 60.1 Å². The van der Waals surface area contributed by atoms with E-state index >= 15 is 0 Å². The first kappa shape index (κ1) is 20.7. The van der Waals surface area contributed by atoms with E-state index in [4.69, 9.17) is 10.00 Å². The number of hydrogen-bond acceptors (Lipinski definition) is 3. The Morgan fingerprint density at radius 2 is 1.71 bits per heavy atom. The minimum Gasteiger partial charge on any atom is -0.490 e. The number of nitrogens with one attached hydrogen (secondary N) is 1. The summed E-state index contributed by atoms with van der Waals surface area (Å²) in [5.74, 6) is 0.721. The predicted molar refractivity (Wildman–Crippen MR) is 122 cm³/mol. The van der Waals surface area contributed by atoms with Crippen molar-refractivity contribution in [1.29, 1.82) is 5.26 Å². The molecule has 31 heavy (non-hydrogen) atoms. The number of hydrogen-bond donors (Lipinski definition) is 1. The van der Waals surface area contributed by atoms with Crippen molar-refractivity contribution >= 4 is 5.91 Å². The number of nitriles is 1. The molecule has 1 atom stereocenters. The number of carbonyl (C=O) groups excluding carboxylic acids is 1. The van der Waals surface area contributed by atoms with Gasteiger partial charge in [-0.05, 0) is 85.7 Å². The van der Waals surface area contributed by atoms with Crippen LogP contribution < -0.4 is 10.1 Å². The highest BCUT2D eigenvalue weighted by molar-refractivity contribution is 5.94. The van der Waals surface area contributed by atoms with Crippen molar-refractivity contribution < 1.29 is 9.53 Å². The van der Waals surface area contributed by atoms with E-state index in [1.165, 1.54) is 12.8 Å². The summed E-state index contributed by atoms with van der Waals surface area (Å²) >= 11 is 0. The summed E-state index contributed by atoms with van der Waals surface area (Å²) in [5, 5.41) is 12.1. The molecule has 4 heteroatoms. The number of nitrogens with zero attached hydrogens (tertiary/aromatic N) is 1. The van der Waals surface area contributed by atoms with Gasteiger partial charge in [-0.1, -0.05) is 36.4 Å². The second-order valence-corrected chi connectivity index (χ2v) is 8.06. The minimum absolute atomic E-state index is 0.106. The highest BCUT2D eigenvalue weighted by Crippen LogP contribution is 2.25. The Bertz CT molecular complexity index is 1080. The maximum Gasteiger partial charge on any atom is 0.251 e. The Kier molecular flexibility index (Phi) is 6.33. The van der Waals surface area contributed by atoms with E-state index in [1.54, 1.807) is 6.07 Å². The molecule has 1 saturated carbocycles. The summed E-state index contributed by atoms with van der Waals surface area (Å²) < 4.78 is 5.97. The lowest BCUT2D eigenvalue weighted by molar-refractivity contribution is 0.0940. The number of benzene rings is 3. The quantitative estimate of drug-likeness (QED) is 0.539. The molecule has 1 aliphatic carbocycles. The molecule has 0 saturated heterocycles. The topological polar surface area (TPSA) is 62.1 Å². The monoisotopic (exact) mass is 410 g/mol. The van der Waals surface area contributed by atoms with E-state index in [0.29, 0.717) is 17.2 Å². The van der Waals surface area contributed by atoms with Gasteiger partial charge in [-0.25, -0.2) is 0 Å². The van der Waals surface area contributed by atoms with Crippen molar-refractivity contribution in [3.8, 4) is 22.9 Å². The smallest absolute Gasteiger partial charge is 0.251 e. The fourth-order valence-electron chi connectivity index (χ4n) is 3.98. The SMILES string of the molecule is CC(NC(=O)c1ccc(OC2CCCC2)cc1)c1ccc(-c2cccc(C#N)c2)cc1. The van der Waals surface area contributed by atoms with Gasteiger partial charge in [-0.2, -0.15) is 5.26 Å². The normalized spacial score (nSPS) is 14.6. The van der Waals surface area contributed by atoms with E-state index in [1.807, 2.05) is 73.7 Å². The van der Waals surface area contributed by atoms with E-state index < -0.39 is 0 Å². The second kappa shape index (κ2) is 9.49. The Morgan fingerprint density at radius 3 is 2.39 bits per heavy atom. The molecule has 1 unspecified atom stereocenters. The van der Waals surface area contributed by atoms with Crippen molar-refractivity contribution in [2.75, 3.05) is 0 Å². The average Bonchev–Trinajstić information content (AvgIpc) is 3.32. The van der Waals surface area contributed by atoms with Gasteiger partial charge >= 0.3 is 0 Å². The summed E-state index contributed by atoms with van der Waals surface area (Å²) in [5.41, 5.74) is 4.33. The van der Waals surface area contributed by atoms with E-state index in [2.05, 4.69) is 11.4 Å². The standard InChI is InChI=1S/C27H26N2O2/c1-19(21-9-11-22(12-10-21)24-6-4-5-20(17-24)18-28)29-27(30)23-13-15-26(16-14-23)31-25-7-2-3-8-25/h4-6,9-17,19,25H,2-3,7-8H2,1H3,(H,29,30). The summed E-state index contributed by atoms with van der Waals surface area (Å²) in [4.78, 5) is 12.7. The van der Waals surface area contributed by atoms with Crippen LogP contribution in [0.15, 0.2) is 72.8 Å². The molecule has 0 radical (unpaired) electrons. The molecule has 4 nitrogen and oxygen atoms in total. The molecule has 0 spiro atoms. The molecule has 3 aromatic carbocycles. The molecule has 1 fully saturated rings. The van der Waals surface area contributed by atoms with Gasteiger partial charge in [-0.3, -0.25) is 4.79 Å². The number of rotatable bonds is 6. The van der Waals surface area contributed by atoms with Gasteiger partial charge in [0, 0.05) is 5.56 Å². The molecule has 1 amide bonds. The Morgan fingerprint density at radius 1 is 1.00 bits per heavy atom. The minimum atomic E-state index is -0.124. The molecule has 0 bridgehead atoms. The van der Waals surface area contributed by atoms with Crippen LogP contribution in [0.25, 0.3) is 11.1 Å². The van der Waals surface area contributed by atoms with Gasteiger partial charge in [0.15, 0.2) is 0 Å². The van der Waals surface area contributed by atoms with Gasteiger partial charge in [0.1, 0.15) is 5.75 Å². The third-order valence-corrected chi connectivity index (χ3v) is 5.80. The van der Waals surface area contributed by atoms with Crippen molar-refractivity contribution in [3.63, 3.8) is 0 Å². The van der Waals surface area contributed by atoms with Crippen LogP contribution in [0.4, 0.5) is 0 Å². The first-order valence-electron chi connectivity index (χ1n) is 10.8. The number of ether oxygens (including phenoxy) is 1. The number of amides is 1. The molecule has 0 aliphatic heterocycles. The van der Waals surface area contributed by atoms with Crippen molar-refractivity contribution in [1.82, 2.24) is 5.32 Å². The lowest BCUT2D eigenvalue weighted by Gasteiger charge is -2.16. The van der Waals surface area contributed by atoms with Crippen LogP contribution in [0.3, 0.4) is 0 Å². The number of carbonyl (C=O) groups is 1. The second-order valence-electron chi connectivity index (χ2n) is 8.06. The molecular formula is C27H26N2O2. The van der Waals surface area contributed by atoms with E-state index in [9.17, 15) is 4.79 Å². The van der Waals surface area contributed by atoms with Gasteiger partial charge in [-0.15, -0.1) is 0 Å². The third kappa shape index (κ3) is 5.13. The van der Waals surface area contributed by atoms with Gasteiger partial charge in [0.2, 0.25) is 0 Å². The van der Waals surface area contributed by atoms with E-state index in [-0.39, 0.29) is 11.9 Å². The molecule has 156 valence electrons. The lowest BCUT2D eigenvalue weighted by Crippen LogP contribution is -2.26. The molecule has 0 aromatic heterocycles. The van der Waals surface area contributed by atoms with Crippen LogP contribution >= 0.6 is 0 Å². The van der Waals surface area contributed by atoms with Gasteiger partial charge < -0.3 is 10.1 Å². The maximum absolute atomic E-state index is 12.7. The summed E-state index contributed by atoms with van der Waals surface area (Å²) in [7, 11) is 0. The summed E-state index contributed by atoms with van der Waals surface area (Å²) in [6.07, 6.45) is 5.00. The fraction of sp³-hybridized carbons (Fsp3) is 0.259. The van der Waals surface area contributed by atoms with Crippen molar-refractivity contribution in [2.45, 2.75) is 44.8 Å². The zero-order valence-electron chi connectivity index (χ0n) is 17.7. The Labute approximate surface area is 183 Å². The maximum atomic E-state index is 12.7.